The SMILES string of the molecule is CNC(c1c(OC)cnn1C)C1CCCC1. The molecule has 0 radical (unpaired) electrons. The topological polar surface area (TPSA) is 39.1 Å². The van der Waals surface area contributed by atoms with E-state index in [0.717, 1.165) is 5.75 Å². The standard InChI is InChI=1S/C12H21N3O/c1-13-11(9-6-4-5-7-9)12-10(16-3)8-14-15(12)2/h8-9,11,13H,4-7H2,1-3H3. The summed E-state index contributed by atoms with van der Waals surface area (Å²) in [6.07, 6.45) is 7.11. The Labute approximate surface area is 97.0 Å². The van der Waals surface area contributed by atoms with E-state index < -0.39 is 0 Å². The van der Waals surface area contributed by atoms with E-state index in [0.29, 0.717) is 12.0 Å². The lowest BCUT2D eigenvalue weighted by molar-refractivity contribution is 0.346. The van der Waals surface area contributed by atoms with Gasteiger partial charge in [0.05, 0.1) is 25.0 Å². The molecule has 1 aromatic heterocycles. The summed E-state index contributed by atoms with van der Waals surface area (Å²) in [5, 5.41) is 7.70. The maximum Gasteiger partial charge on any atom is 0.161 e. The second-order valence-electron chi connectivity index (χ2n) is 4.53. The zero-order valence-corrected chi connectivity index (χ0v) is 10.4. The van der Waals surface area contributed by atoms with E-state index in [1.54, 1.807) is 13.3 Å². The van der Waals surface area contributed by atoms with Crippen LogP contribution in [0.5, 0.6) is 5.75 Å². The molecule has 0 bridgehead atoms. The van der Waals surface area contributed by atoms with E-state index in [4.69, 9.17) is 4.74 Å². The number of hydrogen-bond donors (Lipinski definition) is 1. The molecule has 4 heteroatoms. The third-order valence-corrected chi connectivity index (χ3v) is 3.65. The molecule has 1 aliphatic rings. The molecule has 1 aliphatic carbocycles. The van der Waals surface area contributed by atoms with Crippen molar-refractivity contribution in [2.45, 2.75) is 31.7 Å². The minimum Gasteiger partial charge on any atom is -0.493 e. The molecule has 1 heterocycles. The Bertz CT molecular complexity index is 342. The first-order valence-electron chi connectivity index (χ1n) is 6.01. The lowest BCUT2D eigenvalue weighted by Crippen LogP contribution is -2.26. The van der Waals surface area contributed by atoms with Gasteiger partial charge < -0.3 is 10.1 Å². The van der Waals surface area contributed by atoms with Crippen molar-refractivity contribution in [3.8, 4) is 5.75 Å². The van der Waals surface area contributed by atoms with Crippen molar-refractivity contribution in [2.24, 2.45) is 13.0 Å². The molecule has 16 heavy (non-hydrogen) atoms. The van der Waals surface area contributed by atoms with Gasteiger partial charge >= 0.3 is 0 Å². The van der Waals surface area contributed by atoms with Crippen LogP contribution in [0.15, 0.2) is 6.20 Å². The first-order chi connectivity index (χ1) is 7.77. The maximum atomic E-state index is 5.39. The number of rotatable bonds is 4. The summed E-state index contributed by atoms with van der Waals surface area (Å²) in [5.41, 5.74) is 1.18. The van der Waals surface area contributed by atoms with E-state index in [9.17, 15) is 0 Å². The average Bonchev–Trinajstić information content (AvgIpc) is 2.91. The van der Waals surface area contributed by atoms with Crippen molar-refractivity contribution in [3.05, 3.63) is 11.9 Å². The van der Waals surface area contributed by atoms with Crippen molar-refractivity contribution in [3.63, 3.8) is 0 Å². The molecule has 0 aromatic carbocycles. The fourth-order valence-corrected chi connectivity index (χ4v) is 2.83. The lowest BCUT2D eigenvalue weighted by atomic mass is 9.95. The maximum absolute atomic E-state index is 5.39. The quantitative estimate of drug-likeness (QED) is 0.847. The van der Waals surface area contributed by atoms with Crippen molar-refractivity contribution in [1.29, 1.82) is 0 Å². The predicted molar refractivity (Wildman–Crippen MR) is 63.5 cm³/mol. The summed E-state index contributed by atoms with van der Waals surface area (Å²) < 4.78 is 7.31. The van der Waals surface area contributed by atoms with Crippen LogP contribution in [0.3, 0.4) is 0 Å². The molecular weight excluding hydrogens is 202 g/mol. The molecule has 90 valence electrons. The first kappa shape index (κ1) is 11.5. The minimum absolute atomic E-state index is 0.366. The largest absolute Gasteiger partial charge is 0.493 e. The summed E-state index contributed by atoms with van der Waals surface area (Å²) in [6, 6.07) is 0.366. The number of nitrogens with one attached hydrogen (secondary N) is 1. The van der Waals surface area contributed by atoms with Crippen LogP contribution in [0, 0.1) is 5.92 Å². The second kappa shape index (κ2) is 4.87. The van der Waals surface area contributed by atoms with Crippen LogP contribution in [-0.2, 0) is 7.05 Å². The van der Waals surface area contributed by atoms with Gasteiger partial charge in [-0.25, -0.2) is 0 Å². The van der Waals surface area contributed by atoms with Crippen LogP contribution in [0.2, 0.25) is 0 Å². The van der Waals surface area contributed by atoms with Gasteiger partial charge in [0.1, 0.15) is 0 Å². The molecule has 1 aromatic rings. The summed E-state index contributed by atoms with van der Waals surface area (Å²) in [7, 11) is 5.72. The second-order valence-corrected chi connectivity index (χ2v) is 4.53. The van der Waals surface area contributed by atoms with Crippen LogP contribution in [0.25, 0.3) is 0 Å². The lowest BCUT2D eigenvalue weighted by Gasteiger charge is -2.23. The zero-order chi connectivity index (χ0) is 11.5. The molecule has 1 unspecified atom stereocenters. The number of methoxy groups -OCH3 is 1. The minimum atomic E-state index is 0.366. The summed E-state index contributed by atoms with van der Waals surface area (Å²) >= 11 is 0. The van der Waals surface area contributed by atoms with E-state index in [1.807, 2.05) is 18.8 Å². The molecule has 1 fully saturated rings. The Kier molecular flexibility index (Phi) is 3.49. The molecular formula is C12H21N3O. The number of ether oxygens (including phenoxy) is 1. The summed E-state index contributed by atoms with van der Waals surface area (Å²) in [4.78, 5) is 0. The number of aromatic nitrogens is 2. The molecule has 0 amide bonds. The van der Waals surface area contributed by atoms with Gasteiger partial charge in [-0.3, -0.25) is 4.68 Å². The Hall–Kier alpha value is -1.03. The molecule has 0 spiro atoms. The summed E-state index contributed by atoms with van der Waals surface area (Å²) in [5.74, 6) is 1.61. The smallest absolute Gasteiger partial charge is 0.161 e. The molecule has 0 saturated heterocycles. The molecule has 4 nitrogen and oxygen atoms in total. The van der Waals surface area contributed by atoms with Crippen LogP contribution >= 0.6 is 0 Å². The highest BCUT2D eigenvalue weighted by Gasteiger charge is 2.29. The Morgan fingerprint density at radius 1 is 1.50 bits per heavy atom. The predicted octanol–water partition coefficient (Wildman–Crippen LogP) is 1.88. The van der Waals surface area contributed by atoms with Crippen molar-refractivity contribution in [1.82, 2.24) is 15.1 Å². The normalized spacial score (nSPS) is 18.9. The zero-order valence-electron chi connectivity index (χ0n) is 10.4. The highest BCUT2D eigenvalue weighted by atomic mass is 16.5. The Balaban J connectivity index is 2.27. The van der Waals surface area contributed by atoms with E-state index in [-0.39, 0.29) is 0 Å². The number of nitrogens with zero attached hydrogens (tertiary/aromatic N) is 2. The van der Waals surface area contributed by atoms with Crippen LogP contribution < -0.4 is 10.1 Å². The highest BCUT2D eigenvalue weighted by molar-refractivity contribution is 5.28. The third kappa shape index (κ3) is 1.94. The third-order valence-electron chi connectivity index (χ3n) is 3.65. The Morgan fingerprint density at radius 2 is 2.19 bits per heavy atom. The van der Waals surface area contributed by atoms with Gasteiger partial charge in [-0.05, 0) is 25.8 Å². The van der Waals surface area contributed by atoms with Gasteiger partial charge in [0, 0.05) is 7.05 Å². The average molecular weight is 223 g/mol. The van der Waals surface area contributed by atoms with Crippen molar-refractivity contribution in [2.75, 3.05) is 14.2 Å². The van der Waals surface area contributed by atoms with Gasteiger partial charge in [-0.15, -0.1) is 0 Å². The van der Waals surface area contributed by atoms with Crippen molar-refractivity contribution >= 4 is 0 Å². The molecule has 1 saturated carbocycles. The van der Waals surface area contributed by atoms with Gasteiger partial charge in [0.15, 0.2) is 5.75 Å². The van der Waals surface area contributed by atoms with Crippen LogP contribution in [0.1, 0.15) is 37.4 Å². The van der Waals surface area contributed by atoms with Crippen LogP contribution in [-0.4, -0.2) is 23.9 Å². The fourth-order valence-electron chi connectivity index (χ4n) is 2.83. The van der Waals surface area contributed by atoms with Crippen molar-refractivity contribution < 1.29 is 4.74 Å². The number of hydrogen-bond acceptors (Lipinski definition) is 3. The van der Waals surface area contributed by atoms with E-state index in [1.165, 1.54) is 31.4 Å². The van der Waals surface area contributed by atoms with Gasteiger partial charge in [0.2, 0.25) is 0 Å². The first-order valence-corrected chi connectivity index (χ1v) is 6.01. The van der Waals surface area contributed by atoms with Crippen LogP contribution in [0.4, 0.5) is 0 Å². The molecule has 0 aliphatic heterocycles. The van der Waals surface area contributed by atoms with Gasteiger partial charge in [-0.2, -0.15) is 5.10 Å². The number of aryl methyl sites for hydroxylation is 1. The highest BCUT2D eigenvalue weighted by Crippen LogP contribution is 2.38. The molecule has 1 atom stereocenters. The summed E-state index contributed by atoms with van der Waals surface area (Å²) in [6.45, 7) is 0. The fraction of sp³-hybridized carbons (Fsp3) is 0.750. The molecule has 1 N–H and O–H groups in total. The van der Waals surface area contributed by atoms with E-state index >= 15 is 0 Å². The Morgan fingerprint density at radius 3 is 2.75 bits per heavy atom. The van der Waals surface area contributed by atoms with E-state index in [2.05, 4.69) is 10.4 Å². The monoisotopic (exact) mass is 223 g/mol. The molecule has 2 rings (SSSR count). The van der Waals surface area contributed by atoms with Gasteiger partial charge in [-0.1, -0.05) is 12.8 Å². The van der Waals surface area contributed by atoms with Gasteiger partial charge in [0.25, 0.3) is 0 Å².